The van der Waals surface area contributed by atoms with Gasteiger partial charge in [-0.1, -0.05) is 30.3 Å². The van der Waals surface area contributed by atoms with Crippen molar-refractivity contribution in [3.05, 3.63) is 35.9 Å². The lowest BCUT2D eigenvalue weighted by Gasteiger charge is -2.40. The van der Waals surface area contributed by atoms with Gasteiger partial charge in [0.2, 0.25) is 0 Å². The van der Waals surface area contributed by atoms with Gasteiger partial charge >= 0.3 is 12.1 Å². The van der Waals surface area contributed by atoms with Crippen molar-refractivity contribution in [3.63, 3.8) is 0 Å². The minimum Gasteiger partial charge on any atom is -0.480 e. The molecule has 1 aliphatic heterocycles. The number of amides is 2. The van der Waals surface area contributed by atoms with Gasteiger partial charge in [-0.15, -0.1) is 0 Å². The minimum absolute atomic E-state index is 0.160. The molecule has 1 N–H and O–H groups in total. The molecule has 1 fully saturated rings. The van der Waals surface area contributed by atoms with Crippen LogP contribution in [0, 0.1) is 0 Å². The number of carboxylic acids is 1. The second kappa shape index (κ2) is 6.90. The van der Waals surface area contributed by atoms with E-state index in [0.29, 0.717) is 5.56 Å². The maximum atomic E-state index is 12.8. The standard InChI is InChI=1S/C17H22N2O5/c1-17(2,3)24-16(23)19-10-9-18(11-13(20)21)15(22)14(19)12-7-5-4-6-8-12/h4-8,14H,9-11H2,1-3H3,(H,20,21)/t14-/m1/s1. The number of rotatable bonds is 3. The molecule has 2 rings (SSSR count). The Morgan fingerprint density at radius 3 is 2.38 bits per heavy atom. The summed E-state index contributed by atoms with van der Waals surface area (Å²) in [5.41, 5.74) is -0.0528. The van der Waals surface area contributed by atoms with Crippen LogP contribution in [0.1, 0.15) is 32.4 Å². The molecule has 0 unspecified atom stereocenters. The van der Waals surface area contributed by atoms with E-state index in [2.05, 4.69) is 0 Å². The van der Waals surface area contributed by atoms with Gasteiger partial charge in [0.25, 0.3) is 5.91 Å². The third-order valence-corrected chi connectivity index (χ3v) is 3.54. The van der Waals surface area contributed by atoms with Gasteiger partial charge in [-0.05, 0) is 26.3 Å². The van der Waals surface area contributed by atoms with E-state index in [-0.39, 0.29) is 19.6 Å². The monoisotopic (exact) mass is 334 g/mol. The molecular formula is C17H22N2O5. The summed E-state index contributed by atoms with van der Waals surface area (Å²) >= 11 is 0. The number of hydrogen-bond donors (Lipinski definition) is 1. The highest BCUT2D eigenvalue weighted by Crippen LogP contribution is 2.28. The van der Waals surface area contributed by atoms with Gasteiger partial charge in [0.1, 0.15) is 18.2 Å². The van der Waals surface area contributed by atoms with Crippen LogP contribution in [0.4, 0.5) is 4.79 Å². The van der Waals surface area contributed by atoms with Gasteiger partial charge in [-0.2, -0.15) is 0 Å². The summed E-state index contributed by atoms with van der Waals surface area (Å²) in [6, 6.07) is 7.95. The Hall–Kier alpha value is -2.57. The van der Waals surface area contributed by atoms with Crippen molar-refractivity contribution < 1.29 is 24.2 Å². The van der Waals surface area contributed by atoms with Crippen LogP contribution in [-0.4, -0.2) is 58.1 Å². The SMILES string of the molecule is CC(C)(C)OC(=O)N1CCN(CC(=O)O)C(=O)[C@H]1c1ccccc1. The molecule has 7 nitrogen and oxygen atoms in total. The molecule has 24 heavy (non-hydrogen) atoms. The zero-order valence-electron chi connectivity index (χ0n) is 14.1. The number of hydrogen-bond acceptors (Lipinski definition) is 4. The molecule has 1 aliphatic rings. The number of ether oxygens (including phenoxy) is 1. The van der Waals surface area contributed by atoms with E-state index in [1.807, 2.05) is 6.07 Å². The summed E-state index contributed by atoms with van der Waals surface area (Å²) in [5.74, 6) is -1.50. The number of nitrogens with zero attached hydrogens (tertiary/aromatic N) is 2. The summed E-state index contributed by atoms with van der Waals surface area (Å²) in [4.78, 5) is 38.8. The first-order valence-corrected chi connectivity index (χ1v) is 7.74. The van der Waals surface area contributed by atoms with Gasteiger partial charge in [0.15, 0.2) is 0 Å². The van der Waals surface area contributed by atoms with Crippen molar-refractivity contribution in [2.45, 2.75) is 32.4 Å². The van der Waals surface area contributed by atoms with Crippen molar-refractivity contribution in [1.29, 1.82) is 0 Å². The van der Waals surface area contributed by atoms with E-state index in [1.165, 1.54) is 9.80 Å². The lowest BCUT2D eigenvalue weighted by atomic mass is 10.0. The Morgan fingerprint density at radius 2 is 1.83 bits per heavy atom. The number of carbonyl (C=O) groups excluding carboxylic acids is 2. The predicted molar refractivity (Wildman–Crippen MR) is 86.3 cm³/mol. The average Bonchev–Trinajstić information content (AvgIpc) is 2.47. The fourth-order valence-electron chi connectivity index (χ4n) is 2.57. The number of piperazine rings is 1. The molecule has 0 aliphatic carbocycles. The third kappa shape index (κ3) is 4.24. The third-order valence-electron chi connectivity index (χ3n) is 3.54. The van der Waals surface area contributed by atoms with Crippen molar-refractivity contribution >= 4 is 18.0 Å². The Kier molecular flexibility index (Phi) is 5.11. The quantitative estimate of drug-likeness (QED) is 0.912. The lowest BCUT2D eigenvalue weighted by Crippen LogP contribution is -2.55. The maximum absolute atomic E-state index is 12.8. The highest BCUT2D eigenvalue weighted by atomic mass is 16.6. The van der Waals surface area contributed by atoms with Crippen LogP contribution >= 0.6 is 0 Å². The van der Waals surface area contributed by atoms with E-state index < -0.39 is 29.6 Å². The average molecular weight is 334 g/mol. The molecule has 2 amide bonds. The van der Waals surface area contributed by atoms with Crippen LogP contribution in [0.5, 0.6) is 0 Å². The van der Waals surface area contributed by atoms with E-state index in [0.717, 1.165) is 0 Å². The maximum Gasteiger partial charge on any atom is 0.411 e. The molecular weight excluding hydrogens is 312 g/mol. The fraction of sp³-hybridized carbons (Fsp3) is 0.471. The van der Waals surface area contributed by atoms with Crippen LogP contribution < -0.4 is 0 Å². The molecule has 130 valence electrons. The van der Waals surface area contributed by atoms with Crippen LogP contribution in [0.15, 0.2) is 30.3 Å². The molecule has 1 aromatic rings. The summed E-state index contributed by atoms with van der Waals surface area (Å²) in [6.07, 6.45) is -0.584. The zero-order valence-corrected chi connectivity index (χ0v) is 14.1. The Labute approximate surface area is 140 Å². The van der Waals surface area contributed by atoms with E-state index in [4.69, 9.17) is 9.84 Å². The molecule has 0 bridgehead atoms. The largest absolute Gasteiger partial charge is 0.480 e. The minimum atomic E-state index is -1.08. The number of carboxylic acid groups (broad SMARTS) is 1. The normalized spacial score (nSPS) is 18.5. The van der Waals surface area contributed by atoms with Gasteiger partial charge in [-0.3, -0.25) is 14.5 Å². The molecule has 1 heterocycles. The summed E-state index contributed by atoms with van der Waals surface area (Å²) in [6.45, 7) is 5.26. The van der Waals surface area contributed by atoms with Crippen LogP contribution in [0.2, 0.25) is 0 Å². The molecule has 1 atom stereocenters. The van der Waals surface area contributed by atoms with E-state index in [9.17, 15) is 14.4 Å². The van der Waals surface area contributed by atoms with Crippen molar-refractivity contribution in [2.24, 2.45) is 0 Å². The van der Waals surface area contributed by atoms with Gasteiger partial charge in [-0.25, -0.2) is 4.79 Å². The molecule has 0 aromatic heterocycles. The van der Waals surface area contributed by atoms with Crippen molar-refractivity contribution in [1.82, 2.24) is 9.80 Å². The van der Waals surface area contributed by atoms with Gasteiger partial charge in [0, 0.05) is 13.1 Å². The summed E-state index contributed by atoms with van der Waals surface area (Å²) in [5, 5.41) is 8.97. The highest BCUT2D eigenvalue weighted by Gasteiger charge is 2.40. The van der Waals surface area contributed by atoms with Crippen LogP contribution in [0.25, 0.3) is 0 Å². The number of benzene rings is 1. The van der Waals surface area contributed by atoms with Crippen molar-refractivity contribution in [3.8, 4) is 0 Å². The van der Waals surface area contributed by atoms with E-state index in [1.54, 1.807) is 45.0 Å². The lowest BCUT2D eigenvalue weighted by molar-refractivity contribution is -0.150. The topological polar surface area (TPSA) is 87.2 Å². The fourth-order valence-corrected chi connectivity index (χ4v) is 2.57. The molecule has 1 saturated heterocycles. The van der Waals surface area contributed by atoms with E-state index >= 15 is 0 Å². The summed E-state index contributed by atoms with van der Waals surface area (Å²) in [7, 11) is 0. The molecule has 7 heteroatoms. The van der Waals surface area contributed by atoms with Crippen LogP contribution in [-0.2, 0) is 14.3 Å². The summed E-state index contributed by atoms with van der Waals surface area (Å²) < 4.78 is 5.39. The van der Waals surface area contributed by atoms with Crippen molar-refractivity contribution in [2.75, 3.05) is 19.6 Å². The van der Waals surface area contributed by atoms with Crippen LogP contribution in [0.3, 0.4) is 0 Å². The number of carbonyl (C=O) groups is 3. The highest BCUT2D eigenvalue weighted by molar-refractivity contribution is 5.90. The first kappa shape index (κ1) is 17.8. The molecule has 0 spiro atoms. The van der Waals surface area contributed by atoms with Gasteiger partial charge in [0.05, 0.1) is 0 Å². The molecule has 0 saturated carbocycles. The second-order valence-corrected chi connectivity index (χ2v) is 6.64. The predicted octanol–water partition coefficient (Wildman–Crippen LogP) is 1.89. The second-order valence-electron chi connectivity index (χ2n) is 6.64. The molecule has 1 aromatic carbocycles. The molecule has 0 radical (unpaired) electrons. The number of aliphatic carboxylic acids is 1. The van der Waals surface area contributed by atoms with Gasteiger partial charge < -0.3 is 14.7 Å². The smallest absolute Gasteiger partial charge is 0.411 e. The zero-order chi connectivity index (χ0) is 17.9. The first-order chi connectivity index (χ1) is 11.2. The Balaban J connectivity index is 2.31. The Bertz CT molecular complexity index is 624. The Morgan fingerprint density at radius 1 is 1.21 bits per heavy atom. The first-order valence-electron chi connectivity index (χ1n) is 7.74.